The predicted molar refractivity (Wildman–Crippen MR) is 53.1 cm³/mol. The molecule has 1 rings (SSSR count). The fourth-order valence-electron chi connectivity index (χ4n) is 0.859. The third-order valence-corrected chi connectivity index (χ3v) is 1.87. The van der Waals surface area contributed by atoms with Crippen molar-refractivity contribution >= 4 is 29.4 Å². The number of ketones is 1. The fourth-order valence-corrected chi connectivity index (χ4v) is 1.05. The number of carbonyl (C=O) groups excluding carboxylic acids is 1. The number of carbonyl (C=O) groups is 2. The van der Waals surface area contributed by atoms with Crippen LogP contribution in [0, 0.1) is 5.82 Å². The van der Waals surface area contributed by atoms with E-state index in [1.165, 1.54) is 18.2 Å². The standard InChI is InChI=1S/C10H6ClFO3/c11-7-5-6(1-3-8(7)12)2-4-9(13)10(14)15/h1-5H,(H,14,15)/b4-2+. The molecule has 78 valence electrons. The summed E-state index contributed by atoms with van der Waals surface area (Å²) in [6.45, 7) is 0. The molecule has 0 fully saturated rings. The summed E-state index contributed by atoms with van der Waals surface area (Å²) in [5.74, 6) is -3.16. The molecule has 0 amide bonds. The van der Waals surface area contributed by atoms with Crippen molar-refractivity contribution in [1.82, 2.24) is 0 Å². The van der Waals surface area contributed by atoms with Crippen LogP contribution in [0.5, 0.6) is 0 Å². The van der Waals surface area contributed by atoms with E-state index < -0.39 is 17.6 Å². The number of benzene rings is 1. The van der Waals surface area contributed by atoms with Gasteiger partial charge in [0.15, 0.2) is 0 Å². The summed E-state index contributed by atoms with van der Waals surface area (Å²) in [4.78, 5) is 20.8. The molecule has 1 aromatic carbocycles. The van der Waals surface area contributed by atoms with E-state index in [4.69, 9.17) is 16.7 Å². The van der Waals surface area contributed by atoms with Gasteiger partial charge in [0, 0.05) is 0 Å². The summed E-state index contributed by atoms with van der Waals surface area (Å²) >= 11 is 5.48. The summed E-state index contributed by atoms with van der Waals surface area (Å²) < 4.78 is 12.7. The maximum Gasteiger partial charge on any atom is 0.376 e. The molecule has 0 heterocycles. The Kier molecular flexibility index (Phi) is 3.57. The molecule has 3 nitrogen and oxygen atoms in total. The molecule has 0 bridgehead atoms. The zero-order valence-corrected chi connectivity index (χ0v) is 8.16. The Morgan fingerprint density at radius 3 is 2.60 bits per heavy atom. The molecule has 0 aliphatic rings. The monoisotopic (exact) mass is 228 g/mol. The number of hydrogen-bond acceptors (Lipinski definition) is 2. The quantitative estimate of drug-likeness (QED) is 0.637. The Labute approximate surface area is 89.8 Å². The van der Waals surface area contributed by atoms with Crippen molar-refractivity contribution in [3.05, 3.63) is 40.7 Å². The van der Waals surface area contributed by atoms with Crippen LogP contribution >= 0.6 is 11.6 Å². The molecule has 15 heavy (non-hydrogen) atoms. The van der Waals surface area contributed by atoms with Crippen molar-refractivity contribution in [2.45, 2.75) is 0 Å². The lowest BCUT2D eigenvalue weighted by molar-refractivity contribution is -0.146. The molecule has 1 N–H and O–H groups in total. The lowest BCUT2D eigenvalue weighted by atomic mass is 10.2. The lowest BCUT2D eigenvalue weighted by Crippen LogP contribution is -2.08. The Morgan fingerprint density at radius 1 is 1.40 bits per heavy atom. The third-order valence-electron chi connectivity index (χ3n) is 1.58. The van der Waals surface area contributed by atoms with Gasteiger partial charge in [0.2, 0.25) is 0 Å². The summed E-state index contributed by atoms with van der Waals surface area (Å²) in [7, 11) is 0. The van der Waals surface area contributed by atoms with Gasteiger partial charge in [-0.1, -0.05) is 23.7 Å². The molecular weight excluding hydrogens is 223 g/mol. The number of halogens is 2. The van der Waals surface area contributed by atoms with Gasteiger partial charge in [-0.3, -0.25) is 4.79 Å². The third kappa shape index (κ3) is 3.18. The Balaban J connectivity index is 2.86. The van der Waals surface area contributed by atoms with Gasteiger partial charge in [0.25, 0.3) is 5.78 Å². The number of carboxylic acid groups (broad SMARTS) is 1. The highest BCUT2D eigenvalue weighted by atomic mass is 35.5. The maximum absolute atomic E-state index is 12.7. The van der Waals surface area contributed by atoms with Crippen molar-refractivity contribution in [2.75, 3.05) is 0 Å². The van der Waals surface area contributed by atoms with Gasteiger partial charge in [-0.2, -0.15) is 0 Å². The molecule has 0 unspecified atom stereocenters. The zero-order chi connectivity index (χ0) is 11.4. The van der Waals surface area contributed by atoms with E-state index in [0.29, 0.717) is 5.56 Å². The van der Waals surface area contributed by atoms with Gasteiger partial charge in [0.1, 0.15) is 5.82 Å². The van der Waals surface area contributed by atoms with Crippen molar-refractivity contribution in [3.63, 3.8) is 0 Å². The lowest BCUT2D eigenvalue weighted by Gasteiger charge is -1.95. The number of hydrogen-bond donors (Lipinski definition) is 1. The highest BCUT2D eigenvalue weighted by Crippen LogP contribution is 2.16. The molecule has 0 saturated heterocycles. The van der Waals surface area contributed by atoms with E-state index in [9.17, 15) is 14.0 Å². The van der Waals surface area contributed by atoms with E-state index in [0.717, 1.165) is 12.1 Å². The van der Waals surface area contributed by atoms with Crippen LogP contribution in [0.2, 0.25) is 5.02 Å². The van der Waals surface area contributed by atoms with Crippen molar-refractivity contribution < 1.29 is 19.1 Å². The van der Waals surface area contributed by atoms with E-state index in [2.05, 4.69) is 0 Å². The highest BCUT2D eigenvalue weighted by Gasteiger charge is 2.05. The van der Waals surface area contributed by atoms with Gasteiger partial charge in [0.05, 0.1) is 5.02 Å². The molecule has 0 aromatic heterocycles. The first kappa shape index (κ1) is 11.4. The number of aliphatic carboxylic acids is 1. The molecule has 0 spiro atoms. The molecule has 0 radical (unpaired) electrons. The average Bonchev–Trinajstić information content (AvgIpc) is 2.19. The highest BCUT2D eigenvalue weighted by molar-refractivity contribution is 6.38. The SMILES string of the molecule is O=C(O)C(=O)/C=C/c1ccc(F)c(Cl)c1. The smallest absolute Gasteiger partial charge is 0.376 e. The largest absolute Gasteiger partial charge is 0.475 e. The Hall–Kier alpha value is -1.68. The van der Waals surface area contributed by atoms with E-state index in [1.54, 1.807) is 0 Å². The Morgan fingerprint density at radius 2 is 2.07 bits per heavy atom. The molecule has 0 aliphatic carbocycles. The normalized spacial score (nSPS) is 10.5. The second-order valence-corrected chi connectivity index (χ2v) is 3.08. The molecule has 5 heteroatoms. The molecule has 1 aromatic rings. The molecular formula is C10H6ClFO3. The second-order valence-electron chi connectivity index (χ2n) is 2.68. The minimum atomic E-state index is -1.54. The predicted octanol–water partition coefficient (Wildman–Crippen LogP) is 2.15. The first-order valence-electron chi connectivity index (χ1n) is 3.91. The summed E-state index contributed by atoms with van der Waals surface area (Å²) in [6, 6.07) is 3.81. The van der Waals surface area contributed by atoms with Crippen molar-refractivity contribution in [1.29, 1.82) is 0 Å². The van der Waals surface area contributed by atoms with Gasteiger partial charge >= 0.3 is 5.97 Å². The van der Waals surface area contributed by atoms with Crippen LogP contribution in [0.25, 0.3) is 6.08 Å². The van der Waals surface area contributed by atoms with Crippen LogP contribution < -0.4 is 0 Å². The minimum Gasteiger partial charge on any atom is -0.475 e. The van der Waals surface area contributed by atoms with E-state index >= 15 is 0 Å². The minimum absolute atomic E-state index is 0.0834. The van der Waals surface area contributed by atoms with Crippen LogP contribution in [0.3, 0.4) is 0 Å². The van der Waals surface area contributed by atoms with Crippen LogP contribution in [0.1, 0.15) is 5.56 Å². The van der Waals surface area contributed by atoms with E-state index in [1.807, 2.05) is 0 Å². The first-order valence-corrected chi connectivity index (χ1v) is 4.29. The zero-order valence-electron chi connectivity index (χ0n) is 7.41. The fraction of sp³-hybridized carbons (Fsp3) is 0. The molecule has 0 atom stereocenters. The van der Waals surface area contributed by atoms with Crippen LogP contribution in [0.15, 0.2) is 24.3 Å². The van der Waals surface area contributed by atoms with Crippen LogP contribution in [-0.4, -0.2) is 16.9 Å². The van der Waals surface area contributed by atoms with Gasteiger partial charge < -0.3 is 5.11 Å². The summed E-state index contributed by atoms with van der Waals surface area (Å²) in [5, 5.41) is 8.19. The van der Waals surface area contributed by atoms with Gasteiger partial charge in [-0.15, -0.1) is 0 Å². The second kappa shape index (κ2) is 4.70. The number of carboxylic acids is 1. The summed E-state index contributed by atoms with van der Waals surface area (Å²) in [5.41, 5.74) is 0.455. The van der Waals surface area contributed by atoms with Gasteiger partial charge in [-0.05, 0) is 23.8 Å². The molecule has 0 aliphatic heterocycles. The molecule has 0 saturated carbocycles. The number of rotatable bonds is 3. The first-order chi connectivity index (χ1) is 7.00. The van der Waals surface area contributed by atoms with E-state index in [-0.39, 0.29) is 5.02 Å². The van der Waals surface area contributed by atoms with Gasteiger partial charge in [-0.25, -0.2) is 9.18 Å². The summed E-state index contributed by atoms with van der Waals surface area (Å²) in [6.07, 6.45) is 2.13. The van der Waals surface area contributed by atoms with Crippen molar-refractivity contribution in [2.24, 2.45) is 0 Å². The average molecular weight is 229 g/mol. The van der Waals surface area contributed by atoms with Crippen LogP contribution in [0.4, 0.5) is 4.39 Å². The topological polar surface area (TPSA) is 54.4 Å². The van der Waals surface area contributed by atoms with Crippen molar-refractivity contribution in [3.8, 4) is 0 Å². The van der Waals surface area contributed by atoms with Crippen LogP contribution in [-0.2, 0) is 9.59 Å². The Bertz CT molecular complexity index is 440. The maximum atomic E-state index is 12.7.